The van der Waals surface area contributed by atoms with E-state index in [0.29, 0.717) is 36.3 Å². The molecule has 0 saturated carbocycles. The van der Waals surface area contributed by atoms with Gasteiger partial charge in [0.05, 0.1) is 5.57 Å². The van der Waals surface area contributed by atoms with Crippen LogP contribution in [0.4, 0.5) is 4.39 Å². The third-order valence-electron chi connectivity index (χ3n) is 6.65. The Morgan fingerprint density at radius 3 is 2.64 bits per heavy atom. The van der Waals surface area contributed by atoms with Crippen molar-refractivity contribution in [2.45, 2.75) is 19.3 Å². The first-order valence-corrected chi connectivity index (χ1v) is 11.3. The van der Waals surface area contributed by atoms with E-state index in [1.165, 1.54) is 17.0 Å². The van der Waals surface area contributed by atoms with Crippen molar-refractivity contribution in [3.05, 3.63) is 77.4 Å². The molecule has 2 N–H and O–H groups in total. The number of aliphatic hydroxyl groups is 1. The molecule has 1 aromatic heterocycles. The third-order valence-corrected chi connectivity index (χ3v) is 6.65. The van der Waals surface area contributed by atoms with Crippen LogP contribution < -0.4 is 0 Å². The average molecular weight is 448 g/mol. The Balaban J connectivity index is 1.46. The molecule has 3 heterocycles. The van der Waals surface area contributed by atoms with E-state index < -0.39 is 5.82 Å². The highest BCUT2D eigenvalue weighted by molar-refractivity contribution is 6.35. The number of para-hydroxylation sites is 1. The van der Waals surface area contributed by atoms with Crippen molar-refractivity contribution in [2.75, 3.05) is 26.2 Å². The van der Waals surface area contributed by atoms with E-state index >= 15 is 0 Å². The minimum absolute atomic E-state index is 0.0437. The standard InChI is InChI=1S/C26H26FN3O3/c27-20-9-7-18(8-10-20)23-24(29-12-3-4-17(15-29)16-31)26(33)30(25(23)32)13-11-19-14-28-22-6-2-1-5-21(19)22/h1-2,5-10,14,17,28,31H,3-4,11-13,15-16H2. The fraction of sp³-hybridized carbons (Fsp3) is 0.308. The van der Waals surface area contributed by atoms with Gasteiger partial charge in [-0.1, -0.05) is 30.3 Å². The maximum atomic E-state index is 13.6. The lowest BCUT2D eigenvalue weighted by molar-refractivity contribution is -0.137. The highest BCUT2D eigenvalue weighted by atomic mass is 19.1. The number of nitrogens with one attached hydrogen (secondary N) is 1. The smallest absolute Gasteiger partial charge is 0.277 e. The van der Waals surface area contributed by atoms with E-state index in [1.807, 2.05) is 35.4 Å². The number of hydrogen-bond donors (Lipinski definition) is 2. The number of hydrogen-bond acceptors (Lipinski definition) is 4. The number of carbonyl (C=O) groups is 2. The van der Waals surface area contributed by atoms with Crippen molar-refractivity contribution in [1.29, 1.82) is 0 Å². The SMILES string of the molecule is O=C1C(c2ccc(F)cc2)=C(N2CCCC(CO)C2)C(=O)N1CCc1c[nH]c2ccccc12. The predicted molar refractivity (Wildman–Crippen MR) is 123 cm³/mol. The van der Waals surface area contributed by atoms with Crippen molar-refractivity contribution >= 4 is 28.3 Å². The zero-order valence-electron chi connectivity index (χ0n) is 18.3. The molecule has 33 heavy (non-hydrogen) atoms. The average Bonchev–Trinajstić information content (AvgIpc) is 3.36. The van der Waals surface area contributed by atoms with Crippen LogP contribution in [0, 0.1) is 11.7 Å². The zero-order valence-corrected chi connectivity index (χ0v) is 18.3. The molecule has 1 unspecified atom stereocenters. The molecule has 1 atom stereocenters. The van der Waals surface area contributed by atoms with Gasteiger partial charge in [-0.25, -0.2) is 4.39 Å². The molecule has 1 fully saturated rings. The number of carbonyl (C=O) groups excluding carboxylic acids is 2. The Labute approximate surface area is 191 Å². The second-order valence-electron chi connectivity index (χ2n) is 8.74. The molecule has 2 aliphatic heterocycles. The van der Waals surface area contributed by atoms with Crippen LogP contribution in [0.2, 0.25) is 0 Å². The van der Waals surface area contributed by atoms with Crippen LogP contribution in [-0.4, -0.2) is 57.9 Å². The van der Waals surface area contributed by atoms with Crippen LogP contribution in [0.5, 0.6) is 0 Å². The lowest BCUT2D eigenvalue weighted by Gasteiger charge is -2.34. The highest BCUT2D eigenvalue weighted by Crippen LogP contribution is 2.34. The number of benzene rings is 2. The number of nitrogens with zero attached hydrogens (tertiary/aromatic N) is 2. The second-order valence-corrected chi connectivity index (χ2v) is 8.74. The topological polar surface area (TPSA) is 76.6 Å². The van der Waals surface area contributed by atoms with Crippen molar-refractivity contribution in [3.8, 4) is 0 Å². The fourth-order valence-electron chi connectivity index (χ4n) is 4.92. The van der Waals surface area contributed by atoms with Crippen LogP contribution in [0.15, 0.2) is 60.4 Å². The van der Waals surface area contributed by atoms with Crippen molar-refractivity contribution < 1.29 is 19.1 Å². The van der Waals surface area contributed by atoms with Gasteiger partial charge >= 0.3 is 0 Å². The maximum absolute atomic E-state index is 13.6. The number of aromatic amines is 1. The molecule has 5 rings (SSSR count). The minimum atomic E-state index is -0.396. The lowest BCUT2D eigenvalue weighted by atomic mass is 9.97. The molecule has 0 bridgehead atoms. The van der Waals surface area contributed by atoms with Gasteiger partial charge in [0.2, 0.25) is 0 Å². The van der Waals surface area contributed by atoms with Crippen molar-refractivity contribution in [1.82, 2.24) is 14.8 Å². The van der Waals surface area contributed by atoms with Gasteiger partial charge < -0.3 is 15.0 Å². The van der Waals surface area contributed by atoms with Gasteiger partial charge in [-0.15, -0.1) is 0 Å². The number of likely N-dealkylation sites (tertiary alicyclic amines) is 1. The summed E-state index contributed by atoms with van der Waals surface area (Å²) in [5, 5.41) is 10.7. The second kappa shape index (κ2) is 8.83. The molecule has 0 aliphatic carbocycles. The molecule has 0 spiro atoms. The minimum Gasteiger partial charge on any atom is -0.396 e. The van der Waals surface area contributed by atoms with Gasteiger partial charge in [0.1, 0.15) is 11.5 Å². The summed E-state index contributed by atoms with van der Waals surface area (Å²) in [6.07, 6.45) is 4.17. The van der Waals surface area contributed by atoms with E-state index in [-0.39, 0.29) is 30.9 Å². The summed E-state index contributed by atoms with van der Waals surface area (Å²) in [5.74, 6) is -1.01. The molecular formula is C26H26FN3O3. The first kappa shape index (κ1) is 21.4. The van der Waals surface area contributed by atoms with Crippen LogP contribution in [0.1, 0.15) is 24.0 Å². The van der Waals surface area contributed by atoms with E-state index in [2.05, 4.69) is 4.98 Å². The van der Waals surface area contributed by atoms with E-state index in [4.69, 9.17) is 0 Å². The Kier molecular flexibility index (Phi) is 5.72. The Morgan fingerprint density at radius 2 is 1.85 bits per heavy atom. The first-order valence-electron chi connectivity index (χ1n) is 11.3. The fourth-order valence-corrected chi connectivity index (χ4v) is 4.92. The van der Waals surface area contributed by atoms with Gasteiger partial charge in [0, 0.05) is 43.3 Å². The highest BCUT2D eigenvalue weighted by Gasteiger charge is 2.42. The van der Waals surface area contributed by atoms with Gasteiger partial charge in [-0.3, -0.25) is 14.5 Å². The molecule has 2 aromatic carbocycles. The predicted octanol–water partition coefficient (Wildman–Crippen LogP) is 3.33. The summed E-state index contributed by atoms with van der Waals surface area (Å²) in [4.78, 5) is 33.5. The molecule has 2 aliphatic rings. The van der Waals surface area contributed by atoms with E-state index in [0.717, 1.165) is 29.3 Å². The Morgan fingerprint density at radius 1 is 1.06 bits per heavy atom. The number of aromatic nitrogens is 1. The summed E-state index contributed by atoms with van der Waals surface area (Å²) in [7, 11) is 0. The van der Waals surface area contributed by atoms with Crippen molar-refractivity contribution in [3.63, 3.8) is 0 Å². The lowest BCUT2D eigenvalue weighted by Crippen LogP contribution is -2.41. The summed E-state index contributed by atoms with van der Waals surface area (Å²) < 4.78 is 13.6. The van der Waals surface area contributed by atoms with Gasteiger partial charge in [-0.05, 0) is 54.5 Å². The number of imide groups is 1. The number of rotatable bonds is 6. The number of fused-ring (bicyclic) bond motifs is 1. The molecule has 7 heteroatoms. The van der Waals surface area contributed by atoms with Crippen LogP contribution >= 0.6 is 0 Å². The monoisotopic (exact) mass is 447 g/mol. The quantitative estimate of drug-likeness (QED) is 0.569. The molecule has 170 valence electrons. The number of halogens is 1. The number of piperidine rings is 1. The van der Waals surface area contributed by atoms with Crippen LogP contribution in [0.25, 0.3) is 16.5 Å². The number of aliphatic hydroxyl groups excluding tert-OH is 1. The van der Waals surface area contributed by atoms with Crippen molar-refractivity contribution in [2.24, 2.45) is 5.92 Å². The molecule has 1 saturated heterocycles. The summed E-state index contributed by atoms with van der Waals surface area (Å²) in [6, 6.07) is 13.6. The largest absolute Gasteiger partial charge is 0.396 e. The van der Waals surface area contributed by atoms with E-state index in [9.17, 15) is 19.1 Å². The maximum Gasteiger partial charge on any atom is 0.277 e. The Bertz CT molecular complexity index is 1230. The summed E-state index contributed by atoms with van der Waals surface area (Å²) >= 11 is 0. The number of H-pyrrole nitrogens is 1. The number of amides is 2. The molecule has 6 nitrogen and oxygen atoms in total. The van der Waals surface area contributed by atoms with Gasteiger partial charge in [-0.2, -0.15) is 0 Å². The van der Waals surface area contributed by atoms with Crippen LogP contribution in [0.3, 0.4) is 0 Å². The van der Waals surface area contributed by atoms with Gasteiger partial charge in [0.15, 0.2) is 0 Å². The molecule has 0 radical (unpaired) electrons. The first-order chi connectivity index (χ1) is 16.1. The third kappa shape index (κ3) is 3.93. The molecular weight excluding hydrogens is 421 g/mol. The van der Waals surface area contributed by atoms with E-state index in [1.54, 1.807) is 12.1 Å². The van der Waals surface area contributed by atoms with Gasteiger partial charge in [0.25, 0.3) is 11.8 Å². The Hall–Kier alpha value is -3.45. The zero-order chi connectivity index (χ0) is 22.9. The molecule has 3 aromatic rings. The summed E-state index contributed by atoms with van der Waals surface area (Å²) in [5.41, 5.74) is 3.27. The normalized spacial score (nSPS) is 19.3. The van der Waals surface area contributed by atoms with Crippen LogP contribution in [-0.2, 0) is 16.0 Å². The summed E-state index contributed by atoms with van der Waals surface area (Å²) in [6.45, 7) is 1.46. The molecule has 2 amide bonds.